The number of ether oxygens (including phenoxy) is 1. The number of phenols is 1. The Hall–Kier alpha value is -3.40. The molecule has 2 aromatic carbocycles. The molecule has 2 aromatic rings. The van der Waals surface area contributed by atoms with Gasteiger partial charge in [-0.05, 0) is 82.4 Å². The third-order valence-corrected chi connectivity index (χ3v) is 5.07. The van der Waals surface area contributed by atoms with Gasteiger partial charge in [-0.1, -0.05) is 47.6 Å². The summed E-state index contributed by atoms with van der Waals surface area (Å²) in [6, 6.07) is 10.1. The lowest BCUT2D eigenvalue weighted by molar-refractivity contribution is -0.131. The maximum atomic E-state index is 12.9. The first-order valence-corrected chi connectivity index (χ1v) is 10.8. The van der Waals surface area contributed by atoms with Gasteiger partial charge < -0.3 is 9.84 Å². The summed E-state index contributed by atoms with van der Waals surface area (Å²) in [4.78, 5) is 24.8. The van der Waals surface area contributed by atoms with Gasteiger partial charge in [0.15, 0.2) is 5.78 Å². The van der Waals surface area contributed by atoms with E-state index < -0.39 is 5.97 Å². The summed E-state index contributed by atoms with van der Waals surface area (Å²) >= 11 is 0. The minimum absolute atomic E-state index is 0.165. The molecule has 0 radical (unpaired) electrons. The van der Waals surface area contributed by atoms with Gasteiger partial charge in [-0.2, -0.15) is 0 Å². The summed E-state index contributed by atoms with van der Waals surface area (Å²) in [7, 11) is 0. The van der Waals surface area contributed by atoms with Crippen LogP contribution in [0.5, 0.6) is 11.5 Å². The number of hydrogen-bond acceptors (Lipinski definition) is 4. The van der Waals surface area contributed by atoms with Crippen LogP contribution in [0.15, 0.2) is 65.8 Å². The zero-order valence-electron chi connectivity index (χ0n) is 19.6. The van der Waals surface area contributed by atoms with E-state index in [4.69, 9.17) is 4.74 Å². The third-order valence-electron chi connectivity index (χ3n) is 5.07. The van der Waals surface area contributed by atoms with E-state index in [1.165, 1.54) is 24.1 Å². The zero-order chi connectivity index (χ0) is 23.7. The van der Waals surface area contributed by atoms with Crippen LogP contribution in [-0.4, -0.2) is 16.9 Å². The van der Waals surface area contributed by atoms with Gasteiger partial charge in [0.2, 0.25) is 0 Å². The molecule has 4 heteroatoms. The van der Waals surface area contributed by atoms with E-state index >= 15 is 0 Å². The Bertz CT molecular complexity index is 1050. The van der Waals surface area contributed by atoms with Gasteiger partial charge in [-0.25, -0.2) is 0 Å². The van der Waals surface area contributed by atoms with E-state index in [1.807, 2.05) is 13.0 Å². The van der Waals surface area contributed by atoms with E-state index in [1.54, 1.807) is 36.4 Å². The minimum Gasteiger partial charge on any atom is -0.508 e. The number of hydrogen-bond donors (Lipinski definition) is 1. The highest BCUT2D eigenvalue weighted by atomic mass is 16.5. The quantitative estimate of drug-likeness (QED) is 0.156. The number of aromatic hydroxyl groups is 1. The Morgan fingerprint density at radius 1 is 0.969 bits per heavy atom. The molecule has 0 bridgehead atoms. The standard InChI is InChI=1S/C28H32O4/c1-19(2)7-6-8-20(3)9-16-25-21(4)10-17-26(28(25)32-22(5)29)27(31)18-13-23-11-14-24(30)15-12-23/h7,9-15,17-18,30H,6,8,16H2,1-5H3/b18-13+,20-9+. The van der Waals surface area contributed by atoms with Crippen LogP contribution >= 0.6 is 0 Å². The van der Waals surface area contributed by atoms with Gasteiger partial charge in [0.05, 0.1) is 5.56 Å². The summed E-state index contributed by atoms with van der Waals surface area (Å²) in [5, 5.41) is 9.40. The van der Waals surface area contributed by atoms with Crippen LogP contribution in [0.2, 0.25) is 0 Å². The smallest absolute Gasteiger partial charge is 0.308 e. The fourth-order valence-electron chi connectivity index (χ4n) is 3.25. The number of phenolic OH excluding ortho intramolecular Hbond substituents is 1. The van der Waals surface area contributed by atoms with Crippen LogP contribution in [-0.2, 0) is 11.2 Å². The van der Waals surface area contributed by atoms with Crippen molar-refractivity contribution in [2.75, 3.05) is 0 Å². The monoisotopic (exact) mass is 432 g/mol. The van der Waals surface area contributed by atoms with Crippen LogP contribution in [0.1, 0.15) is 67.6 Å². The molecule has 168 valence electrons. The maximum absolute atomic E-state index is 12.9. The summed E-state index contributed by atoms with van der Waals surface area (Å²) in [5.74, 6) is -0.221. The van der Waals surface area contributed by atoms with Crippen molar-refractivity contribution in [2.45, 2.75) is 53.9 Å². The normalized spacial score (nSPS) is 11.5. The number of rotatable bonds is 9. The molecular formula is C28H32O4. The van der Waals surface area contributed by atoms with E-state index in [2.05, 4.69) is 32.9 Å². The first-order valence-electron chi connectivity index (χ1n) is 10.8. The lowest BCUT2D eigenvalue weighted by Crippen LogP contribution is -2.10. The summed E-state index contributed by atoms with van der Waals surface area (Å²) < 4.78 is 5.53. The fourth-order valence-corrected chi connectivity index (χ4v) is 3.25. The van der Waals surface area contributed by atoms with Gasteiger partial charge in [0, 0.05) is 12.5 Å². The summed E-state index contributed by atoms with van der Waals surface area (Å²) in [5.41, 5.74) is 5.50. The number of carbonyl (C=O) groups is 2. The van der Waals surface area contributed by atoms with Crippen LogP contribution < -0.4 is 4.74 Å². The fraction of sp³-hybridized carbons (Fsp3) is 0.286. The van der Waals surface area contributed by atoms with E-state index in [0.29, 0.717) is 17.7 Å². The Balaban J connectivity index is 2.33. The van der Waals surface area contributed by atoms with Crippen LogP contribution in [0.3, 0.4) is 0 Å². The third kappa shape index (κ3) is 7.69. The molecule has 0 aliphatic heterocycles. The number of benzene rings is 2. The van der Waals surface area contributed by atoms with E-state index in [0.717, 1.165) is 29.5 Å². The molecule has 0 saturated heterocycles. The van der Waals surface area contributed by atoms with Crippen molar-refractivity contribution in [3.05, 3.63) is 88.0 Å². The lowest BCUT2D eigenvalue weighted by Gasteiger charge is -2.15. The van der Waals surface area contributed by atoms with Gasteiger partial charge in [0.25, 0.3) is 0 Å². The van der Waals surface area contributed by atoms with Crippen molar-refractivity contribution in [3.8, 4) is 11.5 Å². The highest BCUT2D eigenvalue weighted by Gasteiger charge is 2.18. The van der Waals surface area contributed by atoms with Crippen molar-refractivity contribution in [2.24, 2.45) is 0 Å². The summed E-state index contributed by atoms with van der Waals surface area (Å²) in [6.07, 6.45) is 10.0. The Morgan fingerprint density at radius 3 is 2.28 bits per heavy atom. The maximum Gasteiger partial charge on any atom is 0.308 e. The molecule has 0 heterocycles. The average molecular weight is 433 g/mol. The topological polar surface area (TPSA) is 63.6 Å². The van der Waals surface area contributed by atoms with Gasteiger partial charge in [0.1, 0.15) is 11.5 Å². The first-order chi connectivity index (χ1) is 15.2. The molecule has 0 amide bonds. The number of esters is 1. The molecule has 1 N–H and O–H groups in total. The second-order valence-corrected chi connectivity index (χ2v) is 8.20. The predicted octanol–water partition coefficient (Wildman–Crippen LogP) is 6.76. The number of carbonyl (C=O) groups excluding carboxylic acids is 2. The molecule has 32 heavy (non-hydrogen) atoms. The highest BCUT2D eigenvalue weighted by molar-refractivity contribution is 6.09. The zero-order valence-corrected chi connectivity index (χ0v) is 19.6. The molecule has 0 saturated carbocycles. The molecule has 0 unspecified atom stereocenters. The molecule has 0 spiro atoms. The largest absolute Gasteiger partial charge is 0.508 e. The second kappa shape index (κ2) is 11.8. The molecule has 2 rings (SSSR count). The van der Waals surface area contributed by atoms with E-state index in [-0.39, 0.29) is 11.5 Å². The van der Waals surface area contributed by atoms with Crippen LogP contribution in [0.25, 0.3) is 6.08 Å². The van der Waals surface area contributed by atoms with Crippen LogP contribution in [0.4, 0.5) is 0 Å². The number of allylic oxidation sites excluding steroid dienone is 5. The van der Waals surface area contributed by atoms with Crippen LogP contribution in [0, 0.1) is 6.92 Å². The second-order valence-electron chi connectivity index (χ2n) is 8.20. The lowest BCUT2D eigenvalue weighted by atomic mass is 9.96. The Labute approximate surface area is 190 Å². The van der Waals surface area contributed by atoms with Gasteiger partial charge in [-0.15, -0.1) is 0 Å². The van der Waals surface area contributed by atoms with Crippen molar-refractivity contribution in [1.82, 2.24) is 0 Å². The molecule has 4 nitrogen and oxygen atoms in total. The van der Waals surface area contributed by atoms with Crippen molar-refractivity contribution >= 4 is 17.8 Å². The first kappa shape index (κ1) is 24.9. The molecule has 0 atom stereocenters. The molecule has 0 aliphatic carbocycles. The molecular weight excluding hydrogens is 400 g/mol. The number of aryl methyl sites for hydroxylation is 1. The van der Waals surface area contributed by atoms with Crippen molar-refractivity contribution < 1.29 is 19.4 Å². The van der Waals surface area contributed by atoms with Crippen molar-refractivity contribution in [1.29, 1.82) is 0 Å². The van der Waals surface area contributed by atoms with E-state index in [9.17, 15) is 14.7 Å². The van der Waals surface area contributed by atoms with Gasteiger partial charge >= 0.3 is 5.97 Å². The number of ketones is 1. The highest BCUT2D eigenvalue weighted by Crippen LogP contribution is 2.30. The molecule has 0 aromatic heterocycles. The Kier molecular flexibility index (Phi) is 9.21. The average Bonchev–Trinajstić information content (AvgIpc) is 2.72. The predicted molar refractivity (Wildman–Crippen MR) is 130 cm³/mol. The van der Waals surface area contributed by atoms with Crippen molar-refractivity contribution in [3.63, 3.8) is 0 Å². The van der Waals surface area contributed by atoms with Gasteiger partial charge in [-0.3, -0.25) is 9.59 Å². The minimum atomic E-state index is -0.460. The molecule has 0 aliphatic rings. The summed E-state index contributed by atoms with van der Waals surface area (Å²) in [6.45, 7) is 9.57. The Morgan fingerprint density at radius 2 is 1.66 bits per heavy atom. The SMILES string of the molecule is CC(=O)Oc1c(C(=O)/C=C/c2ccc(O)cc2)ccc(C)c1C/C=C(\C)CCC=C(C)C. The molecule has 0 fully saturated rings.